The van der Waals surface area contributed by atoms with Gasteiger partial charge in [0.05, 0.1) is 17.5 Å². The maximum absolute atomic E-state index is 13.0. The van der Waals surface area contributed by atoms with Gasteiger partial charge in [0.25, 0.3) is 0 Å². The zero-order chi connectivity index (χ0) is 22.1. The number of hydrogen-bond donors (Lipinski definition) is 0. The van der Waals surface area contributed by atoms with Crippen molar-refractivity contribution in [2.75, 3.05) is 22.0 Å². The van der Waals surface area contributed by atoms with E-state index in [0.717, 1.165) is 40.4 Å². The van der Waals surface area contributed by atoms with Crippen molar-refractivity contribution in [2.24, 2.45) is 0 Å². The van der Waals surface area contributed by atoms with E-state index in [0.29, 0.717) is 0 Å². The molecule has 0 radical (unpaired) electrons. The Balaban J connectivity index is 1.72. The van der Waals surface area contributed by atoms with Gasteiger partial charge in [-0.15, -0.1) is 0 Å². The highest BCUT2D eigenvalue weighted by Crippen LogP contribution is 2.34. The van der Waals surface area contributed by atoms with Gasteiger partial charge in [-0.2, -0.15) is 13.2 Å². The SMILES string of the molecule is C[C@@H]1Cc2ccccc2N1C(=O)CCCN(c1cccc(C(F)(F)F)c1)S(C)(=O)=O. The van der Waals surface area contributed by atoms with Crippen molar-refractivity contribution in [3.8, 4) is 0 Å². The lowest BCUT2D eigenvalue weighted by Gasteiger charge is -2.25. The van der Waals surface area contributed by atoms with Crippen LogP contribution in [0.25, 0.3) is 0 Å². The summed E-state index contributed by atoms with van der Waals surface area (Å²) in [4.78, 5) is 14.5. The molecule has 0 N–H and O–H groups in total. The molecular weight excluding hydrogens is 417 g/mol. The summed E-state index contributed by atoms with van der Waals surface area (Å²) in [7, 11) is -3.82. The van der Waals surface area contributed by atoms with Gasteiger partial charge >= 0.3 is 6.18 Å². The van der Waals surface area contributed by atoms with Crippen LogP contribution in [0.2, 0.25) is 0 Å². The van der Waals surface area contributed by atoms with Crippen LogP contribution in [0.1, 0.15) is 30.9 Å². The van der Waals surface area contributed by atoms with E-state index in [4.69, 9.17) is 0 Å². The molecule has 3 rings (SSSR count). The number of nitrogens with zero attached hydrogens (tertiary/aromatic N) is 2. The number of rotatable bonds is 6. The first-order chi connectivity index (χ1) is 14.0. The quantitative estimate of drug-likeness (QED) is 0.676. The zero-order valence-electron chi connectivity index (χ0n) is 16.7. The second-order valence-electron chi connectivity index (χ2n) is 7.43. The maximum atomic E-state index is 13.0. The predicted molar refractivity (Wildman–Crippen MR) is 110 cm³/mol. The molecule has 0 saturated carbocycles. The minimum Gasteiger partial charge on any atom is -0.309 e. The van der Waals surface area contributed by atoms with Crippen LogP contribution in [0, 0.1) is 0 Å². The molecule has 1 amide bonds. The van der Waals surface area contributed by atoms with Crippen LogP contribution in [-0.4, -0.2) is 33.2 Å². The Kier molecular flexibility index (Phi) is 6.12. The number of carbonyl (C=O) groups is 1. The number of halogens is 3. The average molecular weight is 440 g/mol. The maximum Gasteiger partial charge on any atom is 0.416 e. The number of benzene rings is 2. The molecule has 0 bridgehead atoms. The summed E-state index contributed by atoms with van der Waals surface area (Å²) in [5, 5.41) is 0. The minimum absolute atomic E-state index is 0.00405. The molecule has 0 spiro atoms. The van der Waals surface area contributed by atoms with Gasteiger partial charge in [-0.05, 0) is 49.6 Å². The number of amides is 1. The van der Waals surface area contributed by atoms with E-state index in [2.05, 4.69) is 0 Å². The summed E-state index contributed by atoms with van der Waals surface area (Å²) in [6, 6.07) is 11.8. The van der Waals surface area contributed by atoms with E-state index in [9.17, 15) is 26.4 Å². The number of sulfonamides is 1. The molecule has 0 aliphatic carbocycles. The number of carbonyl (C=O) groups excluding carboxylic acids is 1. The largest absolute Gasteiger partial charge is 0.416 e. The molecule has 2 aromatic carbocycles. The Labute approximate surface area is 174 Å². The molecule has 30 heavy (non-hydrogen) atoms. The van der Waals surface area contributed by atoms with Crippen molar-refractivity contribution in [3.63, 3.8) is 0 Å². The lowest BCUT2D eigenvalue weighted by molar-refractivity contribution is -0.137. The van der Waals surface area contributed by atoms with Crippen molar-refractivity contribution in [2.45, 2.75) is 38.4 Å². The highest BCUT2D eigenvalue weighted by Gasteiger charge is 2.32. The molecular formula is C21H23F3N2O3S. The third-order valence-electron chi connectivity index (χ3n) is 5.09. The summed E-state index contributed by atoms with van der Waals surface area (Å²) in [6.45, 7) is 1.86. The van der Waals surface area contributed by atoms with Gasteiger partial charge in [-0.3, -0.25) is 9.10 Å². The predicted octanol–water partition coefficient (Wildman–Crippen LogP) is 4.23. The molecule has 162 valence electrons. The average Bonchev–Trinajstić information content (AvgIpc) is 2.99. The van der Waals surface area contributed by atoms with Crippen molar-refractivity contribution >= 4 is 27.3 Å². The van der Waals surface area contributed by atoms with Crippen LogP contribution < -0.4 is 9.21 Å². The van der Waals surface area contributed by atoms with Crippen molar-refractivity contribution in [3.05, 3.63) is 59.7 Å². The Bertz CT molecular complexity index is 1040. The molecule has 1 heterocycles. The summed E-state index contributed by atoms with van der Waals surface area (Å²) in [6.07, 6.45) is -2.61. The van der Waals surface area contributed by atoms with Gasteiger partial charge in [-0.1, -0.05) is 24.3 Å². The molecule has 2 aromatic rings. The van der Waals surface area contributed by atoms with E-state index >= 15 is 0 Å². The molecule has 1 atom stereocenters. The molecule has 0 unspecified atom stereocenters. The number of fused-ring (bicyclic) bond motifs is 1. The van der Waals surface area contributed by atoms with Crippen LogP contribution in [-0.2, 0) is 27.4 Å². The molecule has 0 saturated heterocycles. The molecule has 9 heteroatoms. The van der Waals surface area contributed by atoms with Crippen LogP contribution in [0.15, 0.2) is 48.5 Å². The van der Waals surface area contributed by atoms with Gasteiger partial charge in [-0.25, -0.2) is 8.42 Å². The number of para-hydroxylation sites is 1. The topological polar surface area (TPSA) is 57.7 Å². The van der Waals surface area contributed by atoms with E-state index in [1.807, 2.05) is 31.2 Å². The fourth-order valence-corrected chi connectivity index (χ4v) is 4.72. The lowest BCUT2D eigenvalue weighted by atomic mass is 10.1. The van der Waals surface area contributed by atoms with E-state index in [1.165, 1.54) is 12.1 Å². The van der Waals surface area contributed by atoms with E-state index in [1.54, 1.807) is 4.90 Å². The number of anilines is 2. The van der Waals surface area contributed by atoms with Crippen LogP contribution in [0.3, 0.4) is 0 Å². The van der Waals surface area contributed by atoms with Crippen LogP contribution in [0.4, 0.5) is 24.5 Å². The second kappa shape index (κ2) is 8.29. The lowest BCUT2D eigenvalue weighted by Crippen LogP contribution is -2.37. The molecule has 5 nitrogen and oxygen atoms in total. The molecule has 1 aliphatic heterocycles. The first-order valence-corrected chi connectivity index (χ1v) is 11.4. The molecule has 0 fully saturated rings. The first-order valence-electron chi connectivity index (χ1n) is 9.53. The Morgan fingerprint density at radius 1 is 1.17 bits per heavy atom. The Hall–Kier alpha value is -2.55. The number of alkyl halides is 3. The summed E-state index contributed by atoms with van der Waals surface area (Å²) in [5.41, 5.74) is 0.944. The smallest absolute Gasteiger partial charge is 0.309 e. The number of hydrogen-bond acceptors (Lipinski definition) is 3. The fraction of sp³-hybridized carbons (Fsp3) is 0.381. The van der Waals surface area contributed by atoms with Gasteiger partial charge in [0.2, 0.25) is 15.9 Å². The van der Waals surface area contributed by atoms with Gasteiger partial charge < -0.3 is 4.90 Å². The van der Waals surface area contributed by atoms with E-state index in [-0.39, 0.29) is 37.0 Å². The van der Waals surface area contributed by atoms with Crippen LogP contribution in [0.5, 0.6) is 0 Å². The summed E-state index contributed by atoms with van der Waals surface area (Å²) in [5.74, 6) is -0.134. The Morgan fingerprint density at radius 3 is 2.53 bits per heavy atom. The van der Waals surface area contributed by atoms with E-state index < -0.39 is 21.8 Å². The molecule has 0 aromatic heterocycles. The monoisotopic (exact) mass is 440 g/mol. The van der Waals surface area contributed by atoms with Crippen molar-refractivity contribution < 1.29 is 26.4 Å². The zero-order valence-corrected chi connectivity index (χ0v) is 17.5. The highest BCUT2D eigenvalue weighted by molar-refractivity contribution is 7.92. The standard InChI is InChI=1S/C21H23F3N2O3S/c1-15-13-16-7-3-4-10-19(16)26(15)20(27)11-6-12-25(30(2,28)29)18-9-5-8-17(14-18)21(22,23)24/h3-5,7-10,14-15H,6,11-13H2,1-2H3/t15-/m1/s1. The normalized spacial score (nSPS) is 16.4. The van der Waals surface area contributed by atoms with Crippen molar-refractivity contribution in [1.29, 1.82) is 0 Å². The fourth-order valence-electron chi connectivity index (χ4n) is 3.76. The Morgan fingerprint density at radius 2 is 1.87 bits per heavy atom. The molecule has 1 aliphatic rings. The third-order valence-corrected chi connectivity index (χ3v) is 6.28. The van der Waals surface area contributed by atoms with Gasteiger partial charge in [0.15, 0.2) is 0 Å². The van der Waals surface area contributed by atoms with Crippen LogP contribution >= 0.6 is 0 Å². The summed E-state index contributed by atoms with van der Waals surface area (Å²) >= 11 is 0. The third kappa shape index (κ3) is 4.77. The van der Waals surface area contributed by atoms with Gasteiger partial charge in [0, 0.05) is 24.7 Å². The first kappa shape index (κ1) is 22.1. The minimum atomic E-state index is -4.57. The second-order valence-corrected chi connectivity index (χ2v) is 9.34. The summed E-state index contributed by atoms with van der Waals surface area (Å²) < 4.78 is 64.3. The van der Waals surface area contributed by atoms with Gasteiger partial charge in [0.1, 0.15) is 0 Å². The van der Waals surface area contributed by atoms with Crippen molar-refractivity contribution in [1.82, 2.24) is 0 Å². The highest BCUT2D eigenvalue weighted by atomic mass is 32.2.